The summed E-state index contributed by atoms with van der Waals surface area (Å²) in [6.07, 6.45) is 8.60. The van der Waals surface area contributed by atoms with Gasteiger partial charge in [0.1, 0.15) is 0 Å². The molecule has 1 aromatic carbocycles. The second-order valence-corrected chi connectivity index (χ2v) is 3.99. The molecule has 2 aliphatic rings. The molecular weight excluding hydrogens is 181 g/mol. The smallest absolute Gasteiger partial charge is 0.320 e. The van der Waals surface area contributed by atoms with Crippen LogP contribution in [0.1, 0.15) is 12.5 Å². The van der Waals surface area contributed by atoms with E-state index >= 15 is 0 Å². The van der Waals surface area contributed by atoms with Crippen LogP contribution >= 0.6 is 0 Å². The summed E-state index contributed by atoms with van der Waals surface area (Å²) >= 11 is 0. The highest BCUT2D eigenvalue weighted by atomic mass is 15.1. The number of nitrogens with zero attached hydrogens (tertiary/aromatic N) is 1. The Labute approximate surface area is 90.5 Å². The fourth-order valence-corrected chi connectivity index (χ4v) is 2.30. The highest BCUT2D eigenvalue weighted by molar-refractivity contribution is 6.77. The van der Waals surface area contributed by atoms with Gasteiger partial charge in [0.15, 0.2) is 0 Å². The van der Waals surface area contributed by atoms with Crippen molar-refractivity contribution >= 4 is 18.4 Å². The Morgan fingerprint density at radius 2 is 2.00 bits per heavy atom. The number of hydrogen-bond acceptors (Lipinski definition) is 1. The van der Waals surface area contributed by atoms with Gasteiger partial charge in [-0.05, 0) is 36.3 Å². The van der Waals surface area contributed by atoms with Crippen molar-refractivity contribution in [1.29, 1.82) is 0 Å². The third kappa shape index (κ3) is 1.25. The van der Waals surface area contributed by atoms with Crippen LogP contribution in [0.4, 0.5) is 0 Å². The van der Waals surface area contributed by atoms with Crippen LogP contribution in [0.2, 0.25) is 0 Å². The van der Waals surface area contributed by atoms with Gasteiger partial charge in [-0.3, -0.25) is 0 Å². The van der Waals surface area contributed by atoms with E-state index in [9.17, 15) is 0 Å². The van der Waals surface area contributed by atoms with Crippen LogP contribution in [0.3, 0.4) is 0 Å². The third-order valence-corrected chi connectivity index (χ3v) is 3.04. The van der Waals surface area contributed by atoms with Crippen molar-refractivity contribution in [1.82, 2.24) is 4.81 Å². The molecule has 3 rings (SSSR count). The van der Waals surface area contributed by atoms with Gasteiger partial charge in [0, 0.05) is 5.70 Å². The summed E-state index contributed by atoms with van der Waals surface area (Å²) in [6.45, 7) is 2.54. The lowest BCUT2D eigenvalue weighted by molar-refractivity contribution is 0.724. The molecular formula is C13H12BN. The van der Waals surface area contributed by atoms with Gasteiger partial charge in [0.2, 0.25) is 0 Å². The van der Waals surface area contributed by atoms with Crippen molar-refractivity contribution in [2.24, 2.45) is 0 Å². The fraction of sp³-hybridized carbons (Fsp3) is 0.0769. The van der Waals surface area contributed by atoms with Crippen molar-refractivity contribution in [3.8, 4) is 0 Å². The maximum Gasteiger partial charge on any atom is 0.320 e. The van der Waals surface area contributed by atoms with Crippen LogP contribution in [0.15, 0.2) is 54.3 Å². The number of fused-ring (bicyclic) bond motifs is 3. The van der Waals surface area contributed by atoms with Crippen LogP contribution in [0.5, 0.6) is 0 Å². The minimum atomic E-state index is 0.385. The zero-order valence-corrected chi connectivity index (χ0v) is 8.72. The normalized spacial score (nSPS) is 17.3. The van der Waals surface area contributed by atoms with E-state index in [4.69, 9.17) is 0 Å². The van der Waals surface area contributed by atoms with Gasteiger partial charge in [0.25, 0.3) is 0 Å². The maximum absolute atomic E-state index is 2.31. The summed E-state index contributed by atoms with van der Waals surface area (Å²) in [4.78, 5) is 2.31. The van der Waals surface area contributed by atoms with Crippen molar-refractivity contribution < 1.29 is 0 Å². The second kappa shape index (κ2) is 3.16. The molecule has 0 saturated carbocycles. The van der Waals surface area contributed by atoms with E-state index in [2.05, 4.69) is 66.4 Å². The van der Waals surface area contributed by atoms with Gasteiger partial charge >= 0.3 is 6.85 Å². The Kier molecular flexibility index (Phi) is 1.81. The first-order valence-electron chi connectivity index (χ1n) is 5.27. The predicted molar refractivity (Wildman–Crippen MR) is 65.6 cm³/mol. The van der Waals surface area contributed by atoms with Crippen molar-refractivity contribution in [2.75, 3.05) is 0 Å². The summed E-state index contributed by atoms with van der Waals surface area (Å²) in [5, 5.41) is 0. The summed E-state index contributed by atoms with van der Waals surface area (Å²) in [6, 6.07) is 8.60. The molecule has 72 valence electrons. The molecule has 0 radical (unpaired) electrons. The Morgan fingerprint density at radius 3 is 2.93 bits per heavy atom. The fourth-order valence-electron chi connectivity index (χ4n) is 2.30. The van der Waals surface area contributed by atoms with E-state index in [0.717, 1.165) is 0 Å². The van der Waals surface area contributed by atoms with Crippen LogP contribution in [-0.4, -0.2) is 11.7 Å². The van der Waals surface area contributed by atoms with Gasteiger partial charge in [0.05, 0.1) is 0 Å². The van der Waals surface area contributed by atoms with Crippen LogP contribution in [0.25, 0.3) is 6.08 Å². The topological polar surface area (TPSA) is 3.24 Å². The average Bonchev–Trinajstić information content (AvgIpc) is 2.30. The zero-order chi connectivity index (χ0) is 10.3. The molecule has 0 aliphatic carbocycles. The molecule has 1 nitrogen and oxygen atoms in total. The van der Waals surface area contributed by atoms with Crippen molar-refractivity contribution in [3.05, 3.63) is 59.9 Å². The largest absolute Gasteiger partial charge is 0.387 e. The van der Waals surface area contributed by atoms with E-state index in [1.165, 1.54) is 16.7 Å². The van der Waals surface area contributed by atoms with E-state index in [-0.39, 0.29) is 0 Å². The number of rotatable bonds is 0. The first-order valence-corrected chi connectivity index (χ1v) is 5.27. The van der Waals surface area contributed by atoms with Crippen LogP contribution < -0.4 is 5.46 Å². The van der Waals surface area contributed by atoms with E-state index < -0.39 is 0 Å². The minimum Gasteiger partial charge on any atom is -0.387 e. The Morgan fingerprint density at radius 1 is 1.13 bits per heavy atom. The Hall–Kier alpha value is -1.70. The molecule has 1 aromatic rings. The minimum absolute atomic E-state index is 0.385. The molecule has 0 spiro atoms. The number of hydrogen-bond donors (Lipinski definition) is 0. The summed E-state index contributed by atoms with van der Waals surface area (Å²) in [7, 11) is 0. The lowest BCUT2D eigenvalue weighted by Gasteiger charge is -2.33. The molecule has 0 bridgehead atoms. The molecule has 0 N–H and O–H groups in total. The number of benzene rings is 1. The van der Waals surface area contributed by atoms with Crippen LogP contribution in [0, 0.1) is 0 Å². The molecule has 0 unspecified atom stereocenters. The monoisotopic (exact) mass is 193 g/mol. The molecule has 15 heavy (non-hydrogen) atoms. The van der Waals surface area contributed by atoms with Crippen molar-refractivity contribution in [2.45, 2.75) is 6.92 Å². The molecule has 0 atom stereocenters. The third-order valence-electron chi connectivity index (χ3n) is 3.04. The summed E-state index contributed by atoms with van der Waals surface area (Å²) < 4.78 is 0. The Balaban J connectivity index is 2.20. The summed E-state index contributed by atoms with van der Waals surface area (Å²) in [5.74, 6) is 2.25. The Bertz CT molecular complexity index is 485. The molecule has 0 fully saturated rings. The van der Waals surface area contributed by atoms with Gasteiger partial charge < -0.3 is 4.81 Å². The molecule has 2 heterocycles. The molecule has 0 aromatic heterocycles. The predicted octanol–water partition coefficient (Wildman–Crippen LogP) is 2.18. The number of allylic oxidation sites excluding steroid dienone is 3. The van der Waals surface area contributed by atoms with Crippen LogP contribution in [-0.2, 0) is 0 Å². The van der Waals surface area contributed by atoms with E-state index in [0.29, 0.717) is 6.85 Å². The molecule has 2 heteroatoms. The van der Waals surface area contributed by atoms with Gasteiger partial charge in [-0.25, -0.2) is 0 Å². The van der Waals surface area contributed by atoms with E-state index in [1.807, 2.05) is 0 Å². The van der Waals surface area contributed by atoms with Crippen molar-refractivity contribution in [3.63, 3.8) is 0 Å². The quantitative estimate of drug-likeness (QED) is 0.571. The van der Waals surface area contributed by atoms with Gasteiger partial charge in [-0.1, -0.05) is 36.3 Å². The first kappa shape index (κ1) is 8.60. The first-order chi connectivity index (χ1) is 7.36. The van der Waals surface area contributed by atoms with Gasteiger partial charge in [-0.2, -0.15) is 0 Å². The maximum atomic E-state index is 2.31. The lowest BCUT2D eigenvalue weighted by atomic mass is 9.50. The zero-order valence-electron chi connectivity index (χ0n) is 8.72. The SMILES string of the molecule is CC1=Cc2ccccc2B2C=CC=CN21. The second-order valence-electron chi connectivity index (χ2n) is 3.99. The lowest BCUT2D eigenvalue weighted by Crippen LogP contribution is -2.47. The van der Waals surface area contributed by atoms with E-state index in [1.54, 1.807) is 0 Å². The molecule has 2 aliphatic heterocycles. The highest BCUT2D eigenvalue weighted by Crippen LogP contribution is 2.21. The standard InChI is InChI=1S/C13H12BN/c1-11-10-12-6-2-3-7-13(12)14-8-4-5-9-15(11)14/h2-10H,1H3. The average molecular weight is 193 g/mol. The van der Waals surface area contributed by atoms with Gasteiger partial charge in [-0.15, -0.1) is 0 Å². The highest BCUT2D eigenvalue weighted by Gasteiger charge is 2.28. The molecule has 0 saturated heterocycles. The summed E-state index contributed by atoms with van der Waals surface area (Å²) in [5.41, 5.74) is 4.04. The molecule has 0 amide bonds.